The third kappa shape index (κ3) is 12.6. The fourth-order valence-electron chi connectivity index (χ4n) is 2.51. The third-order valence-electron chi connectivity index (χ3n) is 3.63. The van der Waals surface area contributed by atoms with Crippen LogP contribution in [0.3, 0.4) is 0 Å². The van der Waals surface area contributed by atoms with Crippen LogP contribution in [0.5, 0.6) is 0 Å². The van der Waals surface area contributed by atoms with Crippen LogP contribution in [0.4, 0.5) is 0 Å². The van der Waals surface area contributed by atoms with E-state index in [-0.39, 0.29) is 19.6 Å². The molecule has 1 unspecified atom stereocenters. The van der Waals surface area contributed by atoms with Crippen molar-refractivity contribution >= 4 is 29.8 Å². The number of carboxylic acid groups (broad SMARTS) is 5. The average Bonchev–Trinajstić information content (AvgIpc) is 2.49. The molecular weight excluding hydrogens is 382 g/mol. The van der Waals surface area contributed by atoms with Crippen molar-refractivity contribution in [2.24, 2.45) is 0 Å². The van der Waals surface area contributed by atoms with E-state index in [4.69, 9.17) is 25.5 Å². The summed E-state index contributed by atoms with van der Waals surface area (Å²) < 4.78 is 0. The SMILES string of the molecule is CC(CN(CCN(CC(=O)O)CC(=O)O)CC(=O)O)N(CC(=O)O)CC(=O)O. The molecule has 160 valence electrons. The Bertz CT molecular complexity index is 550. The zero-order valence-electron chi connectivity index (χ0n) is 15.4. The molecule has 0 aliphatic heterocycles. The van der Waals surface area contributed by atoms with Crippen LogP contribution in [0.25, 0.3) is 0 Å². The largest absolute Gasteiger partial charge is 0.480 e. The highest BCUT2D eigenvalue weighted by Gasteiger charge is 2.23. The highest BCUT2D eigenvalue weighted by atomic mass is 16.4. The summed E-state index contributed by atoms with van der Waals surface area (Å²) in [5.74, 6) is -6.17. The average molecular weight is 407 g/mol. The predicted octanol–water partition coefficient (Wildman–Crippen LogP) is -2.30. The summed E-state index contributed by atoms with van der Waals surface area (Å²) in [4.78, 5) is 58.2. The Morgan fingerprint density at radius 2 is 0.929 bits per heavy atom. The number of hydrogen-bond donors (Lipinski definition) is 5. The first-order chi connectivity index (χ1) is 12.9. The van der Waals surface area contributed by atoms with Gasteiger partial charge in [0.2, 0.25) is 0 Å². The minimum absolute atomic E-state index is 0.00875. The van der Waals surface area contributed by atoms with Gasteiger partial charge in [-0.1, -0.05) is 0 Å². The molecule has 0 bridgehead atoms. The van der Waals surface area contributed by atoms with Crippen LogP contribution in [-0.2, 0) is 24.0 Å². The minimum atomic E-state index is -1.24. The molecule has 0 aromatic rings. The molecule has 0 heterocycles. The van der Waals surface area contributed by atoms with Gasteiger partial charge < -0.3 is 25.5 Å². The van der Waals surface area contributed by atoms with Crippen LogP contribution in [-0.4, -0.2) is 128 Å². The lowest BCUT2D eigenvalue weighted by Crippen LogP contribution is -2.49. The van der Waals surface area contributed by atoms with Gasteiger partial charge in [0.05, 0.1) is 32.7 Å². The third-order valence-corrected chi connectivity index (χ3v) is 3.63. The molecular formula is C15H25N3O10. The first kappa shape index (κ1) is 25.2. The van der Waals surface area contributed by atoms with Gasteiger partial charge in [0, 0.05) is 25.7 Å². The maximum absolute atomic E-state index is 11.1. The molecule has 0 saturated carbocycles. The number of carbonyl (C=O) groups is 5. The van der Waals surface area contributed by atoms with Gasteiger partial charge in [0.25, 0.3) is 0 Å². The zero-order chi connectivity index (χ0) is 21.9. The van der Waals surface area contributed by atoms with Crippen LogP contribution >= 0.6 is 0 Å². The van der Waals surface area contributed by atoms with Gasteiger partial charge in [0.1, 0.15) is 0 Å². The highest BCUT2D eigenvalue weighted by Crippen LogP contribution is 2.04. The van der Waals surface area contributed by atoms with E-state index in [9.17, 15) is 24.0 Å². The smallest absolute Gasteiger partial charge is 0.317 e. The molecule has 0 aliphatic carbocycles. The fraction of sp³-hybridized carbons (Fsp3) is 0.667. The van der Waals surface area contributed by atoms with E-state index in [1.165, 1.54) is 11.8 Å². The van der Waals surface area contributed by atoms with E-state index >= 15 is 0 Å². The Morgan fingerprint density at radius 3 is 1.29 bits per heavy atom. The van der Waals surface area contributed by atoms with E-state index in [0.717, 1.165) is 9.80 Å². The van der Waals surface area contributed by atoms with Crippen molar-refractivity contribution < 1.29 is 49.5 Å². The van der Waals surface area contributed by atoms with Gasteiger partial charge >= 0.3 is 29.8 Å². The van der Waals surface area contributed by atoms with Crippen molar-refractivity contribution in [3.63, 3.8) is 0 Å². The number of aliphatic carboxylic acids is 5. The van der Waals surface area contributed by atoms with Crippen LogP contribution in [0.2, 0.25) is 0 Å². The Balaban J connectivity index is 5.08. The van der Waals surface area contributed by atoms with Crippen LogP contribution in [0.1, 0.15) is 6.92 Å². The molecule has 0 aromatic carbocycles. The van der Waals surface area contributed by atoms with Gasteiger partial charge in [-0.25, -0.2) is 0 Å². The standard InChI is InChI=1S/C15H25N3O10/c1-10(18(8-14(25)26)9-15(27)28)4-16(5-11(19)20)2-3-17(6-12(21)22)7-13(23)24/h10H,2-9H2,1H3,(H,19,20)(H,21,22)(H,23,24)(H,25,26)(H,27,28). The van der Waals surface area contributed by atoms with Crippen molar-refractivity contribution in [1.82, 2.24) is 14.7 Å². The molecule has 5 N–H and O–H groups in total. The van der Waals surface area contributed by atoms with Gasteiger partial charge in [-0.2, -0.15) is 0 Å². The zero-order valence-corrected chi connectivity index (χ0v) is 15.4. The summed E-state index contributed by atoms with van der Waals surface area (Å²) in [7, 11) is 0. The fourth-order valence-corrected chi connectivity index (χ4v) is 2.51. The summed E-state index contributed by atoms with van der Waals surface area (Å²) in [5.41, 5.74) is 0. The normalized spacial score (nSPS) is 12.3. The summed E-state index contributed by atoms with van der Waals surface area (Å²) in [5, 5.41) is 44.5. The molecule has 0 amide bonds. The second-order valence-electron chi connectivity index (χ2n) is 6.17. The first-order valence-corrected chi connectivity index (χ1v) is 8.18. The molecule has 0 radical (unpaired) electrons. The first-order valence-electron chi connectivity index (χ1n) is 8.18. The maximum Gasteiger partial charge on any atom is 0.317 e. The molecule has 0 aliphatic rings. The molecule has 13 nitrogen and oxygen atoms in total. The van der Waals surface area contributed by atoms with E-state index in [1.54, 1.807) is 0 Å². The Kier molecular flexibility index (Phi) is 11.3. The van der Waals surface area contributed by atoms with Crippen LogP contribution < -0.4 is 0 Å². The monoisotopic (exact) mass is 407 g/mol. The van der Waals surface area contributed by atoms with E-state index < -0.39 is 68.6 Å². The summed E-state index contributed by atoms with van der Waals surface area (Å²) in [6.45, 7) is -1.22. The summed E-state index contributed by atoms with van der Waals surface area (Å²) in [6, 6.07) is -0.640. The lowest BCUT2D eigenvalue weighted by molar-refractivity contribution is -0.144. The van der Waals surface area contributed by atoms with Crippen LogP contribution in [0.15, 0.2) is 0 Å². The van der Waals surface area contributed by atoms with Gasteiger partial charge in [-0.3, -0.25) is 38.7 Å². The molecule has 13 heteroatoms. The van der Waals surface area contributed by atoms with Gasteiger partial charge in [-0.05, 0) is 6.92 Å². The highest BCUT2D eigenvalue weighted by molar-refractivity contribution is 5.73. The molecule has 0 aromatic heterocycles. The number of carboxylic acids is 5. The molecule has 28 heavy (non-hydrogen) atoms. The summed E-state index contributed by atoms with van der Waals surface area (Å²) >= 11 is 0. The second-order valence-corrected chi connectivity index (χ2v) is 6.17. The Labute approximate surface area is 160 Å². The lowest BCUT2D eigenvalue weighted by Gasteiger charge is -2.32. The Hall–Kier alpha value is -2.77. The number of hydrogen-bond acceptors (Lipinski definition) is 8. The Morgan fingerprint density at radius 1 is 0.607 bits per heavy atom. The maximum atomic E-state index is 11.1. The number of rotatable bonds is 16. The predicted molar refractivity (Wildman–Crippen MR) is 92.1 cm³/mol. The van der Waals surface area contributed by atoms with Gasteiger partial charge in [0.15, 0.2) is 0 Å². The quantitative estimate of drug-likeness (QED) is 0.183. The second kappa shape index (κ2) is 12.6. The summed E-state index contributed by atoms with van der Waals surface area (Å²) in [6.07, 6.45) is 0. The molecule has 1 atom stereocenters. The molecule has 0 spiro atoms. The molecule has 0 fully saturated rings. The van der Waals surface area contributed by atoms with E-state index in [0.29, 0.717) is 0 Å². The van der Waals surface area contributed by atoms with E-state index in [1.807, 2.05) is 0 Å². The van der Waals surface area contributed by atoms with Crippen molar-refractivity contribution in [1.29, 1.82) is 0 Å². The van der Waals surface area contributed by atoms with Crippen molar-refractivity contribution in [3.8, 4) is 0 Å². The van der Waals surface area contributed by atoms with Crippen molar-refractivity contribution in [2.75, 3.05) is 52.4 Å². The van der Waals surface area contributed by atoms with Crippen LogP contribution in [0, 0.1) is 0 Å². The molecule has 0 saturated heterocycles. The van der Waals surface area contributed by atoms with Crippen molar-refractivity contribution in [3.05, 3.63) is 0 Å². The lowest BCUT2D eigenvalue weighted by atomic mass is 10.2. The van der Waals surface area contributed by atoms with Crippen molar-refractivity contribution in [2.45, 2.75) is 13.0 Å². The van der Waals surface area contributed by atoms with E-state index in [2.05, 4.69) is 0 Å². The topological polar surface area (TPSA) is 196 Å². The number of nitrogens with zero attached hydrogens (tertiary/aromatic N) is 3. The minimum Gasteiger partial charge on any atom is -0.480 e. The van der Waals surface area contributed by atoms with Gasteiger partial charge in [-0.15, -0.1) is 0 Å². The molecule has 0 rings (SSSR count).